The van der Waals surface area contributed by atoms with Crippen LogP contribution in [0, 0.1) is 0 Å². The summed E-state index contributed by atoms with van der Waals surface area (Å²) in [6, 6.07) is 12.8. The Morgan fingerprint density at radius 3 is 2.30 bits per heavy atom. The second-order valence-electron chi connectivity index (χ2n) is 5.46. The van der Waals surface area contributed by atoms with Gasteiger partial charge in [0.05, 0.1) is 0 Å². The molecule has 2 N–H and O–H groups in total. The van der Waals surface area contributed by atoms with Gasteiger partial charge in [0.25, 0.3) is 0 Å². The van der Waals surface area contributed by atoms with Crippen LogP contribution >= 0.6 is 0 Å². The molecule has 1 atom stereocenters. The third kappa shape index (κ3) is 2.54. The molecule has 0 saturated heterocycles. The number of pyridine rings is 1. The predicted octanol–water partition coefficient (Wildman–Crippen LogP) is 2.71. The summed E-state index contributed by atoms with van der Waals surface area (Å²) in [4.78, 5) is 6.95. The molecule has 2 heterocycles. The number of fused-ring (bicyclic) bond motifs is 1. The number of nitrogens with two attached hydrogens (primary N) is 1. The highest BCUT2D eigenvalue weighted by Crippen LogP contribution is 2.25. The van der Waals surface area contributed by atoms with Crippen molar-refractivity contribution < 1.29 is 0 Å². The van der Waals surface area contributed by atoms with E-state index in [0.29, 0.717) is 0 Å². The Kier molecular flexibility index (Phi) is 3.70. The summed E-state index contributed by atoms with van der Waals surface area (Å²) in [6.45, 7) is 4.04. The van der Waals surface area contributed by atoms with E-state index >= 15 is 0 Å². The Balaban J connectivity index is 1.87. The highest BCUT2D eigenvalue weighted by atomic mass is 15.2. The molecular formula is C17H21N3. The molecule has 0 amide bonds. The lowest BCUT2D eigenvalue weighted by atomic mass is 10.0. The minimum absolute atomic E-state index is 0.0179. The van der Waals surface area contributed by atoms with Crippen molar-refractivity contribution in [2.45, 2.75) is 25.8 Å². The van der Waals surface area contributed by atoms with Crippen molar-refractivity contribution in [3.8, 4) is 0 Å². The molecule has 0 spiro atoms. The summed E-state index contributed by atoms with van der Waals surface area (Å²) < 4.78 is 0. The first-order valence-electron chi connectivity index (χ1n) is 7.28. The fraction of sp³-hybridized carbons (Fsp3) is 0.353. The minimum Gasteiger partial charge on any atom is -0.356 e. The fourth-order valence-corrected chi connectivity index (χ4v) is 2.91. The van der Waals surface area contributed by atoms with E-state index in [1.807, 2.05) is 19.2 Å². The van der Waals surface area contributed by atoms with Gasteiger partial charge in [-0.3, -0.25) is 0 Å². The van der Waals surface area contributed by atoms with Crippen LogP contribution in [0.4, 0.5) is 5.82 Å². The van der Waals surface area contributed by atoms with E-state index in [4.69, 9.17) is 5.73 Å². The highest BCUT2D eigenvalue weighted by molar-refractivity contribution is 5.49. The van der Waals surface area contributed by atoms with Gasteiger partial charge in [-0.15, -0.1) is 0 Å². The summed E-state index contributed by atoms with van der Waals surface area (Å²) in [7, 11) is 0. The molecule has 3 heteroatoms. The van der Waals surface area contributed by atoms with Crippen LogP contribution in [0.2, 0.25) is 0 Å². The number of anilines is 1. The summed E-state index contributed by atoms with van der Waals surface area (Å²) in [6.07, 6.45) is 4.01. The number of aromatic nitrogens is 1. The first-order valence-corrected chi connectivity index (χ1v) is 7.28. The SMILES string of the molecule is C[C@@H](N)c1cccnc1N1CCc2ccccc2CC1. The second kappa shape index (κ2) is 5.63. The van der Waals surface area contributed by atoms with Gasteiger partial charge in [0.2, 0.25) is 0 Å². The summed E-state index contributed by atoms with van der Waals surface area (Å²) in [5.41, 5.74) is 10.1. The van der Waals surface area contributed by atoms with Crippen LogP contribution in [0.5, 0.6) is 0 Å². The molecule has 1 aromatic carbocycles. The number of hydrogen-bond donors (Lipinski definition) is 1. The molecule has 104 valence electrons. The van der Waals surface area contributed by atoms with E-state index < -0.39 is 0 Å². The maximum atomic E-state index is 6.08. The van der Waals surface area contributed by atoms with Crippen molar-refractivity contribution in [1.82, 2.24) is 4.98 Å². The van der Waals surface area contributed by atoms with Gasteiger partial charge in [-0.05, 0) is 37.0 Å². The molecule has 1 aromatic heterocycles. The Labute approximate surface area is 120 Å². The topological polar surface area (TPSA) is 42.1 Å². The van der Waals surface area contributed by atoms with Gasteiger partial charge in [-0.25, -0.2) is 4.98 Å². The molecular weight excluding hydrogens is 246 g/mol. The monoisotopic (exact) mass is 267 g/mol. The first kappa shape index (κ1) is 13.1. The van der Waals surface area contributed by atoms with Crippen molar-refractivity contribution in [2.75, 3.05) is 18.0 Å². The normalized spacial score (nSPS) is 16.4. The summed E-state index contributed by atoms with van der Waals surface area (Å²) >= 11 is 0. The molecule has 0 unspecified atom stereocenters. The second-order valence-corrected chi connectivity index (χ2v) is 5.46. The molecule has 1 aliphatic heterocycles. The van der Waals surface area contributed by atoms with Gasteiger partial charge in [-0.1, -0.05) is 30.3 Å². The van der Waals surface area contributed by atoms with Gasteiger partial charge >= 0.3 is 0 Å². The molecule has 20 heavy (non-hydrogen) atoms. The van der Waals surface area contributed by atoms with Crippen LogP contribution in [-0.4, -0.2) is 18.1 Å². The van der Waals surface area contributed by atoms with Crippen LogP contribution in [0.25, 0.3) is 0 Å². The third-order valence-corrected chi connectivity index (χ3v) is 4.03. The fourth-order valence-electron chi connectivity index (χ4n) is 2.91. The predicted molar refractivity (Wildman–Crippen MR) is 82.9 cm³/mol. The molecule has 0 fully saturated rings. The molecule has 0 saturated carbocycles. The maximum Gasteiger partial charge on any atom is 0.133 e. The van der Waals surface area contributed by atoms with Gasteiger partial charge in [0, 0.05) is 30.9 Å². The van der Waals surface area contributed by atoms with Crippen molar-refractivity contribution >= 4 is 5.82 Å². The minimum atomic E-state index is 0.0179. The number of rotatable bonds is 2. The average molecular weight is 267 g/mol. The number of nitrogens with zero attached hydrogens (tertiary/aromatic N) is 2. The van der Waals surface area contributed by atoms with E-state index in [9.17, 15) is 0 Å². The third-order valence-electron chi connectivity index (χ3n) is 4.03. The average Bonchev–Trinajstić information content (AvgIpc) is 2.70. The zero-order chi connectivity index (χ0) is 13.9. The smallest absolute Gasteiger partial charge is 0.133 e. The lowest BCUT2D eigenvalue weighted by Crippen LogP contribution is -2.29. The number of benzene rings is 1. The molecule has 2 aromatic rings. The van der Waals surface area contributed by atoms with E-state index in [1.165, 1.54) is 11.1 Å². The van der Waals surface area contributed by atoms with Crippen LogP contribution < -0.4 is 10.6 Å². The van der Waals surface area contributed by atoms with Crippen molar-refractivity contribution in [2.24, 2.45) is 5.73 Å². The molecule has 3 rings (SSSR count). The Morgan fingerprint density at radius 1 is 1.05 bits per heavy atom. The largest absolute Gasteiger partial charge is 0.356 e. The standard InChI is InChI=1S/C17H21N3/c1-13(18)16-7-4-10-19-17(16)20-11-8-14-5-2-3-6-15(14)9-12-20/h2-7,10,13H,8-9,11-12,18H2,1H3/t13-/m1/s1. The van der Waals surface area contributed by atoms with E-state index in [-0.39, 0.29) is 6.04 Å². The van der Waals surface area contributed by atoms with Crippen LogP contribution in [0.3, 0.4) is 0 Å². The molecule has 1 aliphatic rings. The van der Waals surface area contributed by atoms with Gasteiger partial charge in [0.1, 0.15) is 5.82 Å². The van der Waals surface area contributed by atoms with Crippen LogP contribution in [0.1, 0.15) is 29.7 Å². The summed E-state index contributed by atoms with van der Waals surface area (Å²) in [5, 5.41) is 0. The van der Waals surface area contributed by atoms with Crippen molar-refractivity contribution in [1.29, 1.82) is 0 Å². The van der Waals surface area contributed by atoms with Crippen molar-refractivity contribution in [3.63, 3.8) is 0 Å². The lowest BCUT2D eigenvalue weighted by Gasteiger charge is -2.25. The van der Waals surface area contributed by atoms with Gasteiger partial charge < -0.3 is 10.6 Å². The quantitative estimate of drug-likeness (QED) is 0.909. The van der Waals surface area contributed by atoms with Gasteiger partial charge in [0.15, 0.2) is 0 Å². The maximum absolute atomic E-state index is 6.08. The van der Waals surface area contributed by atoms with Crippen molar-refractivity contribution in [3.05, 3.63) is 59.3 Å². The summed E-state index contributed by atoms with van der Waals surface area (Å²) in [5.74, 6) is 1.05. The van der Waals surface area contributed by atoms with Crippen LogP contribution in [-0.2, 0) is 12.8 Å². The Morgan fingerprint density at radius 2 is 1.70 bits per heavy atom. The van der Waals surface area contributed by atoms with E-state index in [1.54, 1.807) is 0 Å². The molecule has 0 aliphatic carbocycles. The zero-order valence-corrected chi connectivity index (χ0v) is 11.9. The molecule has 3 nitrogen and oxygen atoms in total. The molecule has 0 radical (unpaired) electrons. The van der Waals surface area contributed by atoms with Gasteiger partial charge in [-0.2, -0.15) is 0 Å². The molecule has 0 bridgehead atoms. The number of hydrogen-bond acceptors (Lipinski definition) is 3. The van der Waals surface area contributed by atoms with E-state index in [0.717, 1.165) is 37.3 Å². The van der Waals surface area contributed by atoms with Crippen LogP contribution in [0.15, 0.2) is 42.6 Å². The highest BCUT2D eigenvalue weighted by Gasteiger charge is 2.18. The Bertz CT molecular complexity index is 565. The Hall–Kier alpha value is -1.87. The lowest BCUT2D eigenvalue weighted by molar-refractivity contribution is 0.752. The van der Waals surface area contributed by atoms with E-state index in [2.05, 4.69) is 40.2 Å². The first-order chi connectivity index (χ1) is 9.75. The zero-order valence-electron chi connectivity index (χ0n) is 11.9.